The topological polar surface area (TPSA) is 25.8 Å². The van der Waals surface area contributed by atoms with Gasteiger partial charge in [0.15, 0.2) is 5.82 Å². The monoisotopic (exact) mass is 820 g/mol. The maximum absolute atomic E-state index is 5.32. The summed E-state index contributed by atoms with van der Waals surface area (Å²) in [5, 5.41) is 2.61. The van der Waals surface area contributed by atoms with Gasteiger partial charge in [-0.2, -0.15) is 0 Å². The smallest absolute Gasteiger partial charge is 0.160 e. The van der Waals surface area contributed by atoms with E-state index in [1.165, 1.54) is 70.2 Å². The Bertz CT molecular complexity index is 3500. The Labute approximate surface area is 371 Å². The highest BCUT2D eigenvalue weighted by Crippen LogP contribution is 2.56. The Morgan fingerprint density at radius 2 is 0.952 bits per heavy atom. The van der Waals surface area contributed by atoms with Gasteiger partial charge in [-0.1, -0.05) is 194 Å². The number of nitrogens with zero attached hydrogens (tertiary/aromatic N) is 2. The first-order valence-corrected chi connectivity index (χ1v) is 22.4. The number of hydrogen-bond acceptors (Lipinski definition) is 3. The molecule has 0 saturated heterocycles. The minimum absolute atomic E-state index is 0.361. The van der Waals surface area contributed by atoms with E-state index in [1.807, 2.05) is 17.4 Å². The van der Waals surface area contributed by atoms with Gasteiger partial charge >= 0.3 is 0 Å². The van der Waals surface area contributed by atoms with E-state index in [4.69, 9.17) is 9.97 Å². The maximum Gasteiger partial charge on any atom is 0.160 e. The van der Waals surface area contributed by atoms with Crippen molar-refractivity contribution in [2.75, 3.05) is 0 Å². The van der Waals surface area contributed by atoms with E-state index in [0.717, 1.165) is 39.2 Å². The van der Waals surface area contributed by atoms with Crippen LogP contribution in [0.1, 0.15) is 23.6 Å². The molecule has 0 spiro atoms. The third kappa shape index (κ3) is 6.23. The molecule has 2 aromatic heterocycles. The maximum atomic E-state index is 5.32. The molecule has 0 radical (unpaired) electrons. The van der Waals surface area contributed by atoms with E-state index in [2.05, 4.69) is 225 Å². The van der Waals surface area contributed by atoms with Gasteiger partial charge in [-0.05, 0) is 98.5 Å². The fraction of sp³-hybridized carbons (Fsp3) is 0.0333. The van der Waals surface area contributed by atoms with Gasteiger partial charge in [-0.15, -0.1) is 11.3 Å². The van der Waals surface area contributed by atoms with Crippen LogP contribution in [0.15, 0.2) is 224 Å². The second kappa shape index (κ2) is 15.0. The number of thiophene rings is 1. The van der Waals surface area contributed by atoms with Crippen molar-refractivity contribution >= 4 is 31.5 Å². The lowest BCUT2D eigenvalue weighted by atomic mass is 9.73. The van der Waals surface area contributed by atoms with Gasteiger partial charge in [0.1, 0.15) is 0 Å². The molecule has 0 bridgehead atoms. The Morgan fingerprint density at radius 3 is 1.75 bits per heavy atom. The van der Waals surface area contributed by atoms with Crippen LogP contribution in [0, 0.1) is 0 Å². The fourth-order valence-corrected chi connectivity index (χ4v) is 10.9. The molecule has 0 saturated carbocycles. The predicted octanol–water partition coefficient (Wildman–Crippen LogP) is 16.2. The average molecular weight is 821 g/mol. The largest absolute Gasteiger partial charge is 0.228 e. The van der Waals surface area contributed by atoms with Crippen LogP contribution in [0.25, 0.3) is 98.6 Å². The van der Waals surface area contributed by atoms with Crippen LogP contribution in [0.2, 0.25) is 0 Å². The molecule has 0 fully saturated rings. The number of hydrogen-bond donors (Lipinski definition) is 0. The quantitative estimate of drug-likeness (QED) is 0.160. The van der Waals surface area contributed by atoms with Crippen LogP contribution in [-0.2, 0) is 5.41 Å². The summed E-state index contributed by atoms with van der Waals surface area (Å²) in [6, 6.07) is 81.2. The van der Waals surface area contributed by atoms with E-state index in [0.29, 0.717) is 5.82 Å². The van der Waals surface area contributed by atoms with Crippen LogP contribution in [0.4, 0.5) is 0 Å². The first-order valence-electron chi connectivity index (χ1n) is 21.6. The molecule has 1 aliphatic rings. The fourth-order valence-electron chi connectivity index (χ4n) is 9.84. The van der Waals surface area contributed by atoms with E-state index < -0.39 is 0 Å². The number of benzene rings is 9. The average Bonchev–Trinajstić information content (AvgIpc) is 3.87. The van der Waals surface area contributed by atoms with Crippen LogP contribution < -0.4 is 0 Å². The van der Waals surface area contributed by atoms with Crippen molar-refractivity contribution in [1.82, 2.24) is 9.97 Å². The zero-order valence-electron chi connectivity index (χ0n) is 34.7. The number of rotatable bonds is 7. The third-order valence-corrected chi connectivity index (χ3v) is 14.2. The minimum atomic E-state index is -0.361. The van der Waals surface area contributed by atoms with Gasteiger partial charge in [-0.3, -0.25) is 0 Å². The molecule has 12 rings (SSSR count). The van der Waals surface area contributed by atoms with E-state index >= 15 is 0 Å². The Hall–Kier alpha value is -7.72. The first kappa shape index (κ1) is 37.1. The lowest BCUT2D eigenvalue weighted by molar-refractivity contribution is 0.714. The van der Waals surface area contributed by atoms with E-state index in [-0.39, 0.29) is 5.41 Å². The lowest BCUT2D eigenvalue weighted by Gasteiger charge is -2.29. The van der Waals surface area contributed by atoms with Crippen LogP contribution in [0.5, 0.6) is 0 Å². The Balaban J connectivity index is 0.982. The molecule has 0 N–H and O–H groups in total. The highest BCUT2D eigenvalue weighted by atomic mass is 32.1. The summed E-state index contributed by atoms with van der Waals surface area (Å²) in [6.07, 6.45) is 0. The van der Waals surface area contributed by atoms with Crippen molar-refractivity contribution in [2.24, 2.45) is 0 Å². The summed E-state index contributed by atoms with van der Waals surface area (Å²) < 4.78 is 2.63. The molecule has 1 aliphatic carbocycles. The molecule has 0 aliphatic heterocycles. The Kier molecular flexibility index (Phi) is 8.84. The molecule has 2 heterocycles. The standard InChI is InChI=1S/C60H40N2S/c1-60(45-20-9-4-10-21-45)52-26-15-25-47(40-16-5-2-6-17-40)58(52)50-34-32-44(37-53(50)60)46-22-11-12-23-48(46)55-38-54(61-59(62-55)42-18-7-3-8-19-42)41-30-28-39(29-31-41)43-33-35-57-51(36-43)49-24-13-14-27-56(49)63-57/h2-38H,1H3. The van der Waals surface area contributed by atoms with Gasteiger partial charge in [0.25, 0.3) is 0 Å². The van der Waals surface area contributed by atoms with Gasteiger partial charge in [0.2, 0.25) is 0 Å². The van der Waals surface area contributed by atoms with Gasteiger partial charge in [-0.25, -0.2) is 9.97 Å². The van der Waals surface area contributed by atoms with Crippen molar-refractivity contribution in [3.63, 3.8) is 0 Å². The third-order valence-electron chi connectivity index (χ3n) is 13.0. The molecular weight excluding hydrogens is 781 g/mol. The van der Waals surface area contributed by atoms with Crippen LogP contribution >= 0.6 is 11.3 Å². The molecule has 11 aromatic rings. The van der Waals surface area contributed by atoms with Crippen molar-refractivity contribution in [3.05, 3.63) is 241 Å². The normalized spacial score (nSPS) is 14.2. The van der Waals surface area contributed by atoms with Crippen molar-refractivity contribution in [1.29, 1.82) is 0 Å². The SMILES string of the molecule is CC1(c2ccccc2)c2cc(-c3ccccc3-c3cc(-c4ccc(-c5ccc6sc7ccccc7c6c5)cc4)nc(-c4ccccc4)n3)ccc2-c2c(-c3ccccc3)cccc21. The highest BCUT2D eigenvalue weighted by molar-refractivity contribution is 7.25. The van der Waals surface area contributed by atoms with Gasteiger partial charge in [0.05, 0.1) is 11.4 Å². The molecule has 0 amide bonds. The molecule has 3 heteroatoms. The van der Waals surface area contributed by atoms with Crippen LogP contribution in [-0.4, -0.2) is 9.97 Å². The second-order valence-corrected chi connectivity index (χ2v) is 17.7. The summed E-state index contributed by atoms with van der Waals surface area (Å²) in [7, 11) is 0. The summed E-state index contributed by atoms with van der Waals surface area (Å²) in [5.74, 6) is 0.700. The first-order chi connectivity index (χ1) is 31.1. The summed E-state index contributed by atoms with van der Waals surface area (Å²) in [6.45, 7) is 2.40. The molecule has 1 unspecified atom stereocenters. The van der Waals surface area contributed by atoms with Crippen molar-refractivity contribution in [2.45, 2.75) is 12.3 Å². The summed E-state index contributed by atoms with van der Waals surface area (Å²) in [4.78, 5) is 10.5. The zero-order chi connectivity index (χ0) is 41.9. The molecule has 1 atom stereocenters. The lowest BCUT2D eigenvalue weighted by Crippen LogP contribution is -2.22. The molecule has 296 valence electrons. The predicted molar refractivity (Wildman–Crippen MR) is 265 cm³/mol. The zero-order valence-corrected chi connectivity index (χ0v) is 35.5. The van der Waals surface area contributed by atoms with Crippen molar-refractivity contribution in [3.8, 4) is 78.4 Å². The number of aromatic nitrogens is 2. The number of fused-ring (bicyclic) bond motifs is 6. The second-order valence-electron chi connectivity index (χ2n) is 16.6. The van der Waals surface area contributed by atoms with Gasteiger partial charge < -0.3 is 0 Å². The molecule has 2 nitrogen and oxygen atoms in total. The summed E-state index contributed by atoms with van der Waals surface area (Å²) in [5.41, 5.74) is 18.1. The molecule has 9 aromatic carbocycles. The van der Waals surface area contributed by atoms with Gasteiger partial charge in [0, 0.05) is 42.3 Å². The van der Waals surface area contributed by atoms with Crippen molar-refractivity contribution < 1.29 is 0 Å². The molecule has 63 heavy (non-hydrogen) atoms. The van der Waals surface area contributed by atoms with E-state index in [9.17, 15) is 0 Å². The van der Waals surface area contributed by atoms with E-state index in [1.54, 1.807) is 0 Å². The minimum Gasteiger partial charge on any atom is -0.228 e. The summed E-state index contributed by atoms with van der Waals surface area (Å²) >= 11 is 1.85. The Morgan fingerprint density at radius 1 is 0.349 bits per heavy atom. The molecular formula is C60H40N2S. The van der Waals surface area contributed by atoms with Crippen LogP contribution in [0.3, 0.4) is 0 Å². The highest BCUT2D eigenvalue weighted by Gasteiger charge is 2.42.